The van der Waals surface area contributed by atoms with Crippen molar-refractivity contribution in [3.63, 3.8) is 0 Å². The van der Waals surface area contributed by atoms with E-state index in [2.05, 4.69) is 0 Å². The van der Waals surface area contributed by atoms with E-state index >= 15 is 0 Å². The third-order valence-electron chi connectivity index (χ3n) is 3.32. The predicted octanol–water partition coefficient (Wildman–Crippen LogP) is 4.91. The molecule has 0 aliphatic carbocycles. The Balaban J connectivity index is 2.36. The van der Waals surface area contributed by atoms with Gasteiger partial charge in [-0.2, -0.15) is 0 Å². The highest BCUT2D eigenvalue weighted by molar-refractivity contribution is 5.81. The fourth-order valence-corrected chi connectivity index (χ4v) is 2.23. The Morgan fingerprint density at radius 3 is 2.04 bits per heavy atom. The minimum atomic E-state index is -0.439. The van der Waals surface area contributed by atoms with Gasteiger partial charge in [0.25, 0.3) is 0 Å². The summed E-state index contributed by atoms with van der Waals surface area (Å²) >= 11 is 0. The van der Waals surface area contributed by atoms with Gasteiger partial charge < -0.3 is 4.74 Å². The molecule has 2 aromatic carbocycles. The number of ether oxygens (including phenoxy) is 1. The molecule has 0 N–H and O–H groups in total. The van der Waals surface area contributed by atoms with Gasteiger partial charge in [0.05, 0.1) is 13.0 Å². The molecular formula is C20H18F2O2. The molecule has 0 bridgehead atoms. The summed E-state index contributed by atoms with van der Waals surface area (Å²) in [7, 11) is 0. The molecule has 24 heavy (non-hydrogen) atoms. The van der Waals surface area contributed by atoms with Crippen LogP contribution in [0.25, 0.3) is 5.57 Å². The average molecular weight is 328 g/mol. The Hall–Kier alpha value is -2.75. The number of benzene rings is 2. The normalized spacial score (nSPS) is 10.6. The summed E-state index contributed by atoms with van der Waals surface area (Å²) < 4.78 is 33.1. The molecule has 2 rings (SSSR count). The smallest absolute Gasteiger partial charge is 0.309 e. The van der Waals surface area contributed by atoms with Crippen molar-refractivity contribution in [2.45, 2.75) is 13.3 Å². The summed E-state index contributed by atoms with van der Waals surface area (Å²) in [6.07, 6.45) is 4.90. The molecule has 124 valence electrons. The number of halogens is 2. The van der Waals surface area contributed by atoms with E-state index in [1.807, 2.05) is 0 Å². The molecule has 0 aliphatic rings. The van der Waals surface area contributed by atoms with E-state index in [-0.39, 0.29) is 12.4 Å². The van der Waals surface area contributed by atoms with Crippen LogP contribution < -0.4 is 0 Å². The largest absolute Gasteiger partial charge is 0.466 e. The fourth-order valence-electron chi connectivity index (χ4n) is 2.23. The zero-order chi connectivity index (χ0) is 17.4. The molecular weight excluding hydrogens is 310 g/mol. The topological polar surface area (TPSA) is 26.3 Å². The van der Waals surface area contributed by atoms with Gasteiger partial charge in [0, 0.05) is 11.1 Å². The molecule has 0 heterocycles. The van der Waals surface area contributed by atoms with Crippen LogP contribution in [0.1, 0.15) is 24.5 Å². The van der Waals surface area contributed by atoms with Gasteiger partial charge in [-0.15, -0.1) is 0 Å². The Kier molecular flexibility index (Phi) is 6.43. The van der Waals surface area contributed by atoms with Crippen molar-refractivity contribution in [2.24, 2.45) is 0 Å². The number of hydrogen-bond acceptors (Lipinski definition) is 2. The molecule has 4 heteroatoms. The monoisotopic (exact) mass is 328 g/mol. The van der Waals surface area contributed by atoms with Gasteiger partial charge >= 0.3 is 5.97 Å². The first kappa shape index (κ1) is 17.6. The van der Waals surface area contributed by atoms with E-state index in [0.29, 0.717) is 23.3 Å². The number of esters is 1. The minimum absolute atomic E-state index is 0.103. The van der Waals surface area contributed by atoms with Crippen LogP contribution in [-0.2, 0) is 9.53 Å². The molecule has 0 saturated carbocycles. The summed E-state index contributed by atoms with van der Waals surface area (Å²) in [5, 5.41) is 0. The Bertz CT molecular complexity index is 716. The molecule has 0 aromatic heterocycles. The quantitative estimate of drug-likeness (QED) is 0.556. The van der Waals surface area contributed by atoms with E-state index < -0.39 is 11.6 Å². The van der Waals surface area contributed by atoms with Crippen LogP contribution in [0, 0.1) is 11.6 Å². The van der Waals surface area contributed by atoms with Crippen molar-refractivity contribution in [2.75, 3.05) is 6.61 Å². The molecule has 0 atom stereocenters. The summed E-state index contributed by atoms with van der Waals surface area (Å²) in [6.45, 7) is 2.05. The zero-order valence-corrected chi connectivity index (χ0v) is 13.3. The molecule has 2 nitrogen and oxygen atoms in total. The van der Waals surface area contributed by atoms with E-state index in [9.17, 15) is 13.6 Å². The second kappa shape index (κ2) is 8.77. The van der Waals surface area contributed by atoms with Crippen LogP contribution in [0.2, 0.25) is 0 Å². The lowest BCUT2D eigenvalue weighted by Gasteiger charge is -2.10. The van der Waals surface area contributed by atoms with E-state index in [0.717, 1.165) is 0 Å². The van der Waals surface area contributed by atoms with E-state index in [1.165, 1.54) is 12.1 Å². The van der Waals surface area contributed by atoms with Crippen LogP contribution in [0.5, 0.6) is 0 Å². The number of hydrogen-bond donors (Lipinski definition) is 0. The maximum atomic E-state index is 14.1. The maximum absolute atomic E-state index is 14.1. The summed E-state index contributed by atoms with van der Waals surface area (Å²) in [6, 6.07) is 12.4. The zero-order valence-electron chi connectivity index (χ0n) is 13.3. The second-order valence-electron chi connectivity index (χ2n) is 4.98. The standard InChI is InChI=1S/C20H18F2O2/c1-2-24-20(23)14-8-5-9-15(16-10-3-6-12-18(16)21)17-11-4-7-13-19(17)22/h3-13H,2,14H2,1H3/b8-5+. The lowest BCUT2D eigenvalue weighted by molar-refractivity contribution is -0.142. The maximum Gasteiger partial charge on any atom is 0.309 e. The first-order valence-electron chi connectivity index (χ1n) is 7.65. The van der Waals surface area contributed by atoms with Crippen LogP contribution in [0.3, 0.4) is 0 Å². The van der Waals surface area contributed by atoms with Crippen molar-refractivity contribution < 1.29 is 18.3 Å². The third kappa shape index (κ3) is 4.62. The van der Waals surface area contributed by atoms with Gasteiger partial charge in [-0.3, -0.25) is 4.79 Å². The molecule has 0 spiro atoms. The molecule has 0 fully saturated rings. The highest BCUT2D eigenvalue weighted by Crippen LogP contribution is 2.27. The van der Waals surface area contributed by atoms with Crippen molar-refractivity contribution >= 4 is 11.5 Å². The van der Waals surface area contributed by atoms with Crippen LogP contribution in [0.4, 0.5) is 8.78 Å². The number of rotatable bonds is 6. The first-order chi connectivity index (χ1) is 11.6. The van der Waals surface area contributed by atoms with Crippen molar-refractivity contribution in [1.29, 1.82) is 0 Å². The molecule has 0 aliphatic heterocycles. The van der Waals surface area contributed by atoms with Crippen LogP contribution in [-0.4, -0.2) is 12.6 Å². The van der Waals surface area contributed by atoms with Gasteiger partial charge in [-0.1, -0.05) is 54.6 Å². The van der Waals surface area contributed by atoms with Gasteiger partial charge in [-0.25, -0.2) is 8.78 Å². The van der Waals surface area contributed by atoms with Gasteiger partial charge in [-0.05, 0) is 24.6 Å². The Morgan fingerprint density at radius 1 is 1.00 bits per heavy atom. The molecule has 2 aromatic rings. The van der Waals surface area contributed by atoms with Gasteiger partial charge in [0.15, 0.2) is 0 Å². The summed E-state index contributed by atoms with van der Waals surface area (Å²) in [5.41, 5.74) is 0.998. The summed E-state index contributed by atoms with van der Waals surface area (Å²) in [5.74, 6) is -1.22. The molecule has 0 amide bonds. The SMILES string of the molecule is CCOC(=O)C/C=C/C=C(c1ccccc1F)c1ccccc1F. The molecule has 0 radical (unpaired) electrons. The van der Waals surface area contributed by atoms with Gasteiger partial charge in [0.1, 0.15) is 11.6 Å². The van der Waals surface area contributed by atoms with E-state index in [1.54, 1.807) is 61.5 Å². The second-order valence-corrected chi connectivity index (χ2v) is 4.98. The van der Waals surface area contributed by atoms with Crippen molar-refractivity contribution in [3.8, 4) is 0 Å². The number of allylic oxidation sites excluding steroid dienone is 2. The van der Waals surface area contributed by atoms with Crippen molar-refractivity contribution in [3.05, 3.63) is 89.5 Å². The Labute approximate surface area is 140 Å². The molecule has 0 saturated heterocycles. The first-order valence-corrected chi connectivity index (χ1v) is 7.65. The summed E-state index contributed by atoms with van der Waals surface area (Å²) in [4.78, 5) is 11.3. The highest BCUT2D eigenvalue weighted by atomic mass is 19.1. The fraction of sp³-hybridized carbons (Fsp3) is 0.150. The predicted molar refractivity (Wildman–Crippen MR) is 90.3 cm³/mol. The molecule has 0 unspecified atom stereocenters. The lowest BCUT2D eigenvalue weighted by Crippen LogP contribution is -2.01. The number of carbonyl (C=O) groups excluding carboxylic acids is 1. The minimum Gasteiger partial charge on any atom is -0.466 e. The highest BCUT2D eigenvalue weighted by Gasteiger charge is 2.12. The Morgan fingerprint density at radius 2 is 1.54 bits per heavy atom. The average Bonchev–Trinajstić information content (AvgIpc) is 2.57. The van der Waals surface area contributed by atoms with Crippen LogP contribution >= 0.6 is 0 Å². The third-order valence-corrected chi connectivity index (χ3v) is 3.32. The van der Waals surface area contributed by atoms with Crippen molar-refractivity contribution in [1.82, 2.24) is 0 Å². The van der Waals surface area contributed by atoms with E-state index in [4.69, 9.17) is 4.74 Å². The number of carbonyl (C=O) groups is 1. The van der Waals surface area contributed by atoms with Gasteiger partial charge in [0.2, 0.25) is 0 Å². The van der Waals surface area contributed by atoms with Crippen LogP contribution in [0.15, 0.2) is 66.8 Å². The lowest BCUT2D eigenvalue weighted by atomic mass is 9.96.